The molecule has 1 amide bonds. The third-order valence-corrected chi connectivity index (χ3v) is 6.85. The van der Waals surface area contributed by atoms with Gasteiger partial charge >= 0.3 is 0 Å². The lowest BCUT2D eigenvalue weighted by Crippen LogP contribution is -2.47. The first-order valence-corrected chi connectivity index (χ1v) is 10.2. The van der Waals surface area contributed by atoms with Gasteiger partial charge in [-0.15, -0.1) is 0 Å². The Balaban J connectivity index is 1.96. The van der Waals surface area contributed by atoms with Crippen molar-refractivity contribution in [1.82, 2.24) is 9.21 Å². The molecule has 132 valence electrons. The van der Waals surface area contributed by atoms with Crippen LogP contribution in [0.5, 0.6) is 0 Å². The van der Waals surface area contributed by atoms with Crippen molar-refractivity contribution in [2.45, 2.75) is 46.6 Å². The fraction of sp³-hybridized carbons (Fsp3) is 0.824. The molecular weight excluding hydrogens is 312 g/mol. The SMILES string of the molecule is CC(C)=C[C@H]1[C@@H](C(=O)N2CCC(N(C)S(C)(=O)=O)CC2)C1(C)C. The Hall–Kier alpha value is -0.880. The maximum Gasteiger partial charge on any atom is 0.226 e. The van der Waals surface area contributed by atoms with E-state index in [0.29, 0.717) is 19.0 Å². The van der Waals surface area contributed by atoms with Gasteiger partial charge in [0.15, 0.2) is 0 Å². The number of amides is 1. The highest BCUT2D eigenvalue weighted by Crippen LogP contribution is 2.60. The Bertz CT molecular complexity index is 597. The number of allylic oxidation sites excluding steroid dienone is 2. The van der Waals surface area contributed by atoms with Crippen LogP contribution < -0.4 is 0 Å². The second kappa shape index (κ2) is 6.20. The van der Waals surface area contributed by atoms with Crippen LogP contribution in [0.1, 0.15) is 40.5 Å². The van der Waals surface area contributed by atoms with Crippen molar-refractivity contribution in [3.8, 4) is 0 Å². The maximum atomic E-state index is 12.8. The van der Waals surface area contributed by atoms with Gasteiger partial charge in [0.05, 0.1) is 12.2 Å². The number of carbonyl (C=O) groups excluding carboxylic acids is 1. The van der Waals surface area contributed by atoms with Gasteiger partial charge in [-0.3, -0.25) is 4.79 Å². The topological polar surface area (TPSA) is 57.7 Å². The number of hydrogen-bond acceptors (Lipinski definition) is 3. The predicted molar refractivity (Wildman–Crippen MR) is 92.4 cm³/mol. The summed E-state index contributed by atoms with van der Waals surface area (Å²) in [5.41, 5.74) is 1.29. The van der Waals surface area contributed by atoms with E-state index in [4.69, 9.17) is 0 Å². The highest BCUT2D eigenvalue weighted by atomic mass is 32.2. The lowest BCUT2D eigenvalue weighted by atomic mass is 10.0. The van der Waals surface area contributed by atoms with E-state index in [-0.39, 0.29) is 23.3 Å². The Morgan fingerprint density at radius 1 is 1.22 bits per heavy atom. The predicted octanol–water partition coefficient (Wildman–Crippen LogP) is 2.11. The van der Waals surface area contributed by atoms with Gasteiger partial charge < -0.3 is 4.90 Å². The van der Waals surface area contributed by atoms with E-state index in [1.807, 2.05) is 4.90 Å². The average molecular weight is 343 g/mol. The molecule has 0 aromatic carbocycles. The summed E-state index contributed by atoms with van der Waals surface area (Å²) in [4.78, 5) is 14.7. The molecule has 2 fully saturated rings. The summed E-state index contributed by atoms with van der Waals surface area (Å²) in [7, 11) is -1.53. The third-order valence-electron chi connectivity index (χ3n) is 5.50. The number of sulfonamides is 1. The van der Waals surface area contributed by atoms with Crippen molar-refractivity contribution < 1.29 is 13.2 Å². The van der Waals surface area contributed by atoms with E-state index >= 15 is 0 Å². The standard InChI is InChI=1S/C17H30N2O3S/c1-12(2)11-14-15(17(14,3)4)16(20)19-9-7-13(8-10-19)18(5)23(6,21)22/h11,13-15H,7-10H2,1-6H3/t14-,15-/m0/s1. The van der Waals surface area contributed by atoms with Gasteiger partial charge in [-0.1, -0.05) is 25.5 Å². The summed E-state index contributed by atoms with van der Waals surface area (Å²) >= 11 is 0. The zero-order valence-electron chi connectivity index (χ0n) is 15.2. The number of rotatable bonds is 4. The van der Waals surface area contributed by atoms with Crippen molar-refractivity contribution in [3.63, 3.8) is 0 Å². The quantitative estimate of drug-likeness (QED) is 0.735. The molecule has 1 aliphatic carbocycles. The smallest absolute Gasteiger partial charge is 0.226 e. The van der Waals surface area contributed by atoms with E-state index in [9.17, 15) is 13.2 Å². The monoisotopic (exact) mass is 342 g/mol. The zero-order valence-corrected chi connectivity index (χ0v) is 16.0. The first-order valence-electron chi connectivity index (χ1n) is 8.33. The first kappa shape index (κ1) is 18.5. The fourth-order valence-electron chi connectivity index (χ4n) is 3.74. The highest BCUT2D eigenvalue weighted by Gasteiger charge is 2.61. The lowest BCUT2D eigenvalue weighted by Gasteiger charge is -2.36. The fourth-order valence-corrected chi connectivity index (χ4v) is 4.49. The van der Waals surface area contributed by atoms with E-state index in [2.05, 4.69) is 33.8 Å². The summed E-state index contributed by atoms with van der Waals surface area (Å²) in [5, 5.41) is 0. The van der Waals surface area contributed by atoms with Gasteiger partial charge in [0.1, 0.15) is 0 Å². The highest BCUT2D eigenvalue weighted by molar-refractivity contribution is 7.88. The summed E-state index contributed by atoms with van der Waals surface area (Å²) < 4.78 is 24.7. The Labute approximate surface area is 140 Å². The van der Waals surface area contributed by atoms with E-state index in [1.165, 1.54) is 16.1 Å². The van der Waals surface area contributed by atoms with E-state index in [0.717, 1.165) is 12.8 Å². The van der Waals surface area contributed by atoms with Crippen LogP contribution in [0.2, 0.25) is 0 Å². The molecule has 6 heteroatoms. The summed E-state index contributed by atoms with van der Waals surface area (Å²) in [6, 6.07) is 0.00911. The molecule has 0 bridgehead atoms. The van der Waals surface area contributed by atoms with Gasteiger partial charge in [-0.2, -0.15) is 0 Å². The van der Waals surface area contributed by atoms with Gasteiger partial charge in [-0.25, -0.2) is 12.7 Å². The van der Waals surface area contributed by atoms with Crippen molar-refractivity contribution in [2.75, 3.05) is 26.4 Å². The number of piperidine rings is 1. The third kappa shape index (κ3) is 3.79. The Kier molecular flexibility index (Phi) is 4.98. The zero-order chi connectivity index (χ0) is 17.6. The van der Waals surface area contributed by atoms with Gasteiger partial charge in [0.2, 0.25) is 15.9 Å². The summed E-state index contributed by atoms with van der Waals surface area (Å²) in [6.45, 7) is 9.76. The molecule has 1 heterocycles. The molecule has 2 aliphatic rings. The van der Waals surface area contributed by atoms with Gasteiger partial charge in [-0.05, 0) is 38.0 Å². The van der Waals surface area contributed by atoms with Crippen LogP contribution >= 0.6 is 0 Å². The van der Waals surface area contributed by atoms with Crippen molar-refractivity contribution in [1.29, 1.82) is 0 Å². The van der Waals surface area contributed by atoms with Crippen LogP contribution in [0, 0.1) is 17.3 Å². The molecule has 2 rings (SSSR count). The van der Waals surface area contributed by atoms with Crippen molar-refractivity contribution in [2.24, 2.45) is 17.3 Å². The van der Waals surface area contributed by atoms with Crippen LogP contribution in [0.3, 0.4) is 0 Å². The minimum Gasteiger partial charge on any atom is -0.342 e. The van der Waals surface area contributed by atoms with E-state index < -0.39 is 10.0 Å². The Morgan fingerprint density at radius 3 is 2.17 bits per heavy atom. The van der Waals surface area contributed by atoms with Gasteiger partial charge in [0, 0.05) is 26.2 Å². The first-order chi connectivity index (χ1) is 10.5. The summed E-state index contributed by atoms with van der Waals surface area (Å²) in [6.07, 6.45) is 4.89. The van der Waals surface area contributed by atoms with Crippen LogP contribution in [0.4, 0.5) is 0 Å². The molecule has 0 aromatic heterocycles. The molecule has 23 heavy (non-hydrogen) atoms. The molecule has 0 unspecified atom stereocenters. The number of likely N-dealkylation sites (tertiary alicyclic amines) is 1. The van der Waals surface area contributed by atoms with Crippen LogP contribution in [0.15, 0.2) is 11.6 Å². The van der Waals surface area contributed by atoms with Crippen LogP contribution in [-0.4, -0.2) is 56.0 Å². The molecule has 1 saturated heterocycles. The summed E-state index contributed by atoms with van der Waals surface area (Å²) in [5.74, 6) is 0.635. The second-order valence-electron chi connectivity index (χ2n) is 7.90. The maximum absolute atomic E-state index is 12.8. The molecule has 0 spiro atoms. The number of nitrogens with zero attached hydrogens (tertiary/aromatic N) is 2. The largest absolute Gasteiger partial charge is 0.342 e. The minimum atomic E-state index is -3.16. The van der Waals surface area contributed by atoms with Crippen LogP contribution in [0.25, 0.3) is 0 Å². The minimum absolute atomic E-state index is 0.00911. The second-order valence-corrected chi connectivity index (χ2v) is 9.95. The van der Waals surface area contributed by atoms with Crippen LogP contribution in [-0.2, 0) is 14.8 Å². The molecule has 5 nitrogen and oxygen atoms in total. The lowest BCUT2D eigenvalue weighted by molar-refractivity contribution is -0.134. The number of hydrogen-bond donors (Lipinski definition) is 0. The average Bonchev–Trinajstić information content (AvgIpc) is 2.96. The molecule has 0 radical (unpaired) electrons. The molecular formula is C17H30N2O3S. The molecule has 1 aliphatic heterocycles. The van der Waals surface area contributed by atoms with Gasteiger partial charge in [0.25, 0.3) is 0 Å². The molecule has 2 atom stereocenters. The van der Waals surface area contributed by atoms with Crippen molar-refractivity contribution in [3.05, 3.63) is 11.6 Å². The molecule has 1 saturated carbocycles. The molecule has 0 aromatic rings. The molecule has 0 N–H and O–H groups in total. The van der Waals surface area contributed by atoms with E-state index in [1.54, 1.807) is 7.05 Å². The Morgan fingerprint density at radius 2 is 1.74 bits per heavy atom. The number of carbonyl (C=O) groups is 1. The van der Waals surface area contributed by atoms with Crippen molar-refractivity contribution >= 4 is 15.9 Å². The normalized spacial score (nSPS) is 27.9.